The van der Waals surface area contributed by atoms with E-state index in [2.05, 4.69) is 9.80 Å². The predicted octanol–water partition coefficient (Wildman–Crippen LogP) is 1.82. The molecule has 6 heteroatoms. The summed E-state index contributed by atoms with van der Waals surface area (Å²) in [6.07, 6.45) is 1.40. The molecule has 1 saturated heterocycles. The summed E-state index contributed by atoms with van der Waals surface area (Å²) in [5.74, 6) is 2.09. The highest BCUT2D eigenvalue weighted by atomic mass is 16.4. The number of piperazine rings is 1. The van der Waals surface area contributed by atoms with Crippen LogP contribution >= 0.6 is 0 Å². The Morgan fingerprint density at radius 1 is 0.750 bits per heavy atom. The van der Waals surface area contributed by atoms with E-state index in [1.54, 1.807) is 24.3 Å². The van der Waals surface area contributed by atoms with E-state index in [1.165, 1.54) is 0 Å². The Balaban J connectivity index is 1.64. The summed E-state index contributed by atoms with van der Waals surface area (Å²) in [6, 6.07) is 6.93. The molecule has 0 spiro atoms. The summed E-state index contributed by atoms with van der Waals surface area (Å²) in [5.41, 5.74) is 0. The average molecular weight is 274 g/mol. The van der Waals surface area contributed by atoms with E-state index in [0.29, 0.717) is 35.9 Å². The third-order valence-electron chi connectivity index (χ3n) is 3.36. The second kappa shape index (κ2) is 5.24. The summed E-state index contributed by atoms with van der Waals surface area (Å²) >= 11 is 0. The first kappa shape index (κ1) is 12.5. The van der Waals surface area contributed by atoms with Gasteiger partial charge >= 0.3 is 0 Å². The number of carbonyl (C=O) groups is 2. The van der Waals surface area contributed by atoms with Crippen molar-refractivity contribution in [3.63, 3.8) is 0 Å². The standard InChI is InChI=1S/C14H14N2O4/c17-9-11-1-3-13(19-11)15-5-7-16(8-6-15)14-4-2-12(10-18)20-14/h1-4,9-10H,5-8H2. The molecule has 3 rings (SSSR count). The molecule has 104 valence electrons. The molecule has 0 unspecified atom stereocenters. The van der Waals surface area contributed by atoms with Gasteiger partial charge in [0.1, 0.15) is 0 Å². The molecule has 0 amide bonds. The maximum atomic E-state index is 10.6. The van der Waals surface area contributed by atoms with Gasteiger partial charge in [0.15, 0.2) is 35.9 Å². The van der Waals surface area contributed by atoms with Gasteiger partial charge in [-0.15, -0.1) is 0 Å². The van der Waals surface area contributed by atoms with Gasteiger partial charge in [0.25, 0.3) is 0 Å². The minimum atomic E-state index is 0.337. The molecule has 6 nitrogen and oxygen atoms in total. The van der Waals surface area contributed by atoms with E-state index < -0.39 is 0 Å². The highest BCUT2D eigenvalue weighted by Gasteiger charge is 2.21. The molecule has 0 saturated carbocycles. The maximum Gasteiger partial charge on any atom is 0.196 e. The minimum Gasteiger partial charge on any atom is -0.438 e. The third-order valence-corrected chi connectivity index (χ3v) is 3.36. The molecular weight excluding hydrogens is 260 g/mol. The number of carbonyl (C=O) groups excluding carboxylic acids is 2. The normalized spacial score (nSPS) is 15.4. The van der Waals surface area contributed by atoms with Crippen LogP contribution < -0.4 is 9.80 Å². The second-order valence-corrected chi connectivity index (χ2v) is 4.56. The Morgan fingerprint density at radius 3 is 1.45 bits per heavy atom. The third kappa shape index (κ3) is 2.32. The molecule has 0 N–H and O–H groups in total. The van der Waals surface area contributed by atoms with Crippen molar-refractivity contribution in [1.82, 2.24) is 0 Å². The summed E-state index contributed by atoms with van der Waals surface area (Å²) in [7, 11) is 0. The largest absolute Gasteiger partial charge is 0.438 e. The number of aldehydes is 2. The van der Waals surface area contributed by atoms with Gasteiger partial charge in [0.2, 0.25) is 0 Å². The second-order valence-electron chi connectivity index (χ2n) is 4.56. The first-order chi connectivity index (χ1) is 9.80. The highest BCUT2D eigenvalue weighted by Crippen LogP contribution is 2.23. The highest BCUT2D eigenvalue weighted by molar-refractivity contribution is 5.72. The number of anilines is 2. The fourth-order valence-corrected chi connectivity index (χ4v) is 2.30. The van der Waals surface area contributed by atoms with Crippen LogP contribution in [0, 0.1) is 0 Å². The summed E-state index contributed by atoms with van der Waals surface area (Å²) in [4.78, 5) is 25.4. The Morgan fingerprint density at radius 2 is 1.15 bits per heavy atom. The molecular formula is C14H14N2O4. The van der Waals surface area contributed by atoms with Gasteiger partial charge in [0, 0.05) is 38.3 Å². The molecule has 0 aliphatic carbocycles. The fraction of sp³-hybridized carbons (Fsp3) is 0.286. The fourth-order valence-electron chi connectivity index (χ4n) is 2.30. The van der Waals surface area contributed by atoms with E-state index in [-0.39, 0.29) is 0 Å². The lowest BCUT2D eigenvalue weighted by Crippen LogP contribution is -2.46. The number of hydrogen-bond donors (Lipinski definition) is 0. The number of rotatable bonds is 4. The lowest BCUT2D eigenvalue weighted by atomic mass is 10.3. The van der Waals surface area contributed by atoms with Crippen LogP contribution in [-0.2, 0) is 0 Å². The van der Waals surface area contributed by atoms with Gasteiger partial charge in [-0.05, 0) is 12.1 Å². The molecule has 1 aliphatic rings. The van der Waals surface area contributed by atoms with Crippen LogP contribution in [0.25, 0.3) is 0 Å². The van der Waals surface area contributed by atoms with Crippen LogP contribution in [0.4, 0.5) is 11.8 Å². The van der Waals surface area contributed by atoms with Crippen LogP contribution in [-0.4, -0.2) is 38.8 Å². The van der Waals surface area contributed by atoms with Crippen molar-refractivity contribution in [2.24, 2.45) is 0 Å². The summed E-state index contributed by atoms with van der Waals surface area (Å²) < 4.78 is 10.8. The van der Waals surface area contributed by atoms with Crippen molar-refractivity contribution >= 4 is 24.3 Å². The van der Waals surface area contributed by atoms with Gasteiger partial charge < -0.3 is 18.6 Å². The first-order valence-corrected chi connectivity index (χ1v) is 6.40. The van der Waals surface area contributed by atoms with E-state index in [4.69, 9.17) is 8.83 Å². The zero-order chi connectivity index (χ0) is 13.9. The van der Waals surface area contributed by atoms with Gasteiger partial charge in [0.05, 0.1) is 0 Å². The Hall–Kier alpha value is -2.50. The first-order valence-electron chi connectivity index (χ1n) is 6.40. The van der Waals surface area contributed by atoms with Gasteiger partial charge in [-0.3, -0.25) is 9.59 Å². The molecule has 1 fully saturated rings. The Bertz CT molecular complexity index is 554. The van der Waals surface area contributed by atoms with Crippen molar-refractivity contribution < 1.29 is 18.4 Å². The van der Waals surface area contributed by atoms with Crippen molar-refractivity contribution in [1.29, 1.82) is 0 Å². The molecule has 2 aromatic rings. The maximum absolute atomic E-state index is 10.6. The molecule has 0 bridgehead atoms. The molecule has 20 heavy (non-hydrogen) atoms. The molecule has 0 aromatic carbocycles. The Kier molecular flexibility index (Phi) is 3.28. The van der Waals surface area contributed by atoms with E-state index in [9.17, 15) is 9.59 Å². The van der Waals surface area contributed by atoms with Crippen LogP contribution in [0.5, 0.6) is 0 Å². The van der Waals surface area contributed by atoms with E-state index >= 15 is 0 Å². The zero-order valence-corrected chi connectivity index (χ0v) is 10.8. The SMILES string of the molecule is O=Cc1ccc(N2CCN(c3ccc(C=O)o3)CC2)o1. The van der Waals surface area contributed by atoms with Crippen LogP contribution in [0.3, 0.4) is 0 Å². The molecule has 0 atom stereocenters. The number of hydrogen-bond acceptors (Lipinski definition) is 6. The summed E-state index contributed by atoms with van der Waals surface area (Å²) in [6.45, 7) is 3.07. The van der Waals surface area contributed by atoms with Gasteiger partial charge in [-0.25, -0.2) is 0 Å². The van der Waals surface area contributed by atoms with Crippen LogP contribution in [0.1, 0.15) is 21.1 Å². The predicted molar refractivity (Wildman–Crippen MR) is 72.6 cm³/mol. The van der Waals surface area contributed by atoms with Crippen molar-refractivity contribution in [2.75, 3.05) is 36.0 Å². The number of furan rings is 2. The molecule has 1 aliphatic heterocycles. The molecule has 0 radical (unpaired) electrons. The van der Waals surface area contributed by atoms with E-state index in [1.807, 2.05) is 0 Å². The van der Waals surface area contributed by atoms with Crippen LogP contribution in [0.15, 0.2) is 33.1 Å². The topological polar surface area (TPSA) is 66.9 Å². The molecule has 3 heterocycles. The Labute approximate surface area is 115 Å². The average Bonchev–Trinajstić information content (AvgIpc) is 3.16. The molecule has 2 aromatic heterocycles. The van der Waals surface area contributed by atoms with E-state index in [0.717, 1.165) is 26.2 Å². The van der Waals surface area contributed by atoms with Gasteiger partial charge in [-0.1, -0.05) is 0 Å². The quantitative estimate of drug-likeness (QED) is 0.792. The van der Waals surface area contributed by atoms with Crippen LogP contribution in [0.2, 0.25) is 0 Å². The smallest absolute Gasteiger partial charge is 0.196 e. The van der Waals surface area contributed by atoms with Crippen molar-refractivity contribution in [2.45, 2.75) is 0 Å². The zero-order valence-electron chi connectivity index (χ0n) is 10.8. The lowest BCUT2D eigenvalue weighted by molar-refractivity contribution is 0.109. The monoisotopic (exact) mass is 274 g/mol. The van der Waals surface area contributed by atoms with Crippen molar-refractivity contribution in [3.8, 4) is 0 Å². The lowest BCUT2D eigenvalue weighted by Gasteiger charge is -2.34. The van der Waals surface area contributed by atoms with Crippen molar-refractivity contribution in [3.05, 3.63) is 35.8 Å². The minimum absolute atomic E-state index is 0.337. The summed E-state index contributed by atoms with van der Waals surface area (Å²) in [5, 5.41) is 0. The number of nitrogens with zero attached hydrogens (tertiary/aromatic N) is 2. The van der Waals surface area contributed by atoms with Gasteiger partial charge in [-0.2, -0.15) is 0 Å².